The fourth-order valence-corrected chi connectivity index (χ4v) is 1.73. The Morgan fingerprint density at radius 3 is 3.23 bits per heavy atom. The van der Waals surface area contributed by atoms with Crippen LogP contribution in [0.15, 0.2) is 4.52 Å². The second kappa shape index (κ2) is 4.11. The molecular formula is C8H12N2O2S. The molecule has 1 aromatic rings. The SMILES string of the molecule is CSCc1noc([C@@H]2CCCO2)n1. The van der Waals surface area contributed by atoms with Crippen LogP contribution >= 0.6 is 11.8 Å². The smallest absolute Gasteiger partial charge is 0.255 e. The molecule has 1 saturated heterocycles. The molecule has 5 heteroatoms. The number of aromatic nitrogens is 2. The van der Waals surface area contributed by atoms with Crippen molar-refractivity contribution >= 4 is 11.8 Å². The van der Waals surface area contributed by atoms with E-state index in [4.69, 9.17) is 9.26 Å². The summed E-state index contributed by atoms with van der Waals surface area (Å²) in [6.45, 7) is 0.810. The minimum Gasteiger partial charge on any atom is -0.368 e. The molecule has 0 bridgehead atoms. The molecule has 0 amide bonds. The van der Waals surface area contributed by atoms with Gasteiger partial charge in [0, 0.05) is 6.61 Å². The molecule has 13 heavy (non-hydrogen) atoms. The summed E-state index contributed by atoms with van der Waals surface area (Å²) in [6, 6.07) is 0. The van der Waals surface area contributed by atoms with Gasteiger partial charge in [-0.1, -0.05) is 5.16 Å². The number of hydrogen-bond donors (Lipinski definition) is 0. The molecule has 1 aliphatic heterocycles. The van der Waals surface area contributed by atoms with Crippen molar-refractivity contribution in [1.82, 2.24) is 10.1 Å². The molecule has 4 nitrogen and oxygen atoms in total. The van der Waals surface area contributed by atoms with E-state index in [9.17, 15) is 0 Å². The van der Waals surface area contributed by atoms with Gasteiger partial charge in [-0.25, -0.2) is 0 Å². The third-order valence-corrected chi connectivity index (χ3v) is 2.51. The molecular weight excluding hydrogens is 188 g/mol. The summed E-state index contributed by atoms with van der Waals surface area (Å²) in [7, 11) is 0. The van der Waals surface area contributed by atoms with Gasteiger partial charge in [0.15, 0.2) is 5.82 Å². The molecule has 1 atom stereocenters. The molecule has 0 aliphatic carbocycles. The van der Waals surface area contributed by atoms with Crippen LogP contribution in [-0.2, 0) is 10.5 Å². The average Bonchev–Trinajstić information content (AvgIpc) is 2.70. The van der Waals surface area contributed by atoms with Crippen molar-refractivity contribution in [2.24, 2.45) is 0 Å². The summed E-state index contributed by atoms with van der Waals surface area (Å²) in [4.78, 5) is 4.26. The van der Waals surface area contributed by atoms with Gasteiger partial charge < -0.3 is 9.26 Å². The highest BCUT2D eigenvalue weighted by atomic mass is 32.2. The first-order valence-corrected chi connectivity index (χ1v) is 5.72. The van der Waals surface area contributed by atoms with Crippen molar-refractivity contribution < 1.29 is 9.26 Å². The fourth-order valence-electron chi connectivity index (χ4n) is 1.36. The summed E-state index contributed by atoms with van der Waals surface area (Å²) in [6.07, 6.45) is 4.15. The maximum Gasteiger partial charge on any atom is 0.255 e. The minimum absolute atomic E-state index is 0.0445. The largest absolute Gasteiger partial charge is 0.368 e. The predicted octanol–water partition coefficient (Wildman–Crippen LogP) is 1.78. The van der Waals surface area contributed by atoms with Gasteiger partial charge in [-0.15, -0.1) is 0 Å². The van der Waals surface area contributed by atoms with Crippen molar-refractivity contribution in [2.45, 2.75) is 24.7 Å². The Morgan fingerprint density at radius 1 is 1.62 bits per heavy atom. The Kier molecular flexibility index (Phi) is 2.85. The van der Waals surface area contributed by atoms with Gasteiger partial charge in [-0.3, -0.25) is 0 Å². The van der Waals surface area contributed by atoms with E-state index < -0.39 is 0 Å². The normalized spacial score (nSPS) is 22.4. The van der Waals surface area contributed by atoms with E-state index in [0.29, 0.717) is 5.89 Å². The third kappa shape index (κ3) is 2.03. The first kappa shape index (κ1) is 9.02. The van der Waals surface area contributed by atoms with Gasteiger partial charge in [0.1, 0.15) is 6.10 Å². The van der Waals surface area contributed by atoms with Gasteiger partial charge in [0.05, 0.1) is 5.75 Å². The van der Waals surface area contributed by atoms with E-state index in [-0.39, 0.29) is 6.10 Å². The molecule has 0 aromatic carbocycles. The highest BCUT2D eigenvalue weighted by Crippen LogP contribution is 2.27. The summed E-state index contributed by atoms with van der Waals surface area (Å²) in [5, 5.41) is 3.86. The van der Waals surface area contributed by atoms with Crippen molar-refractivity contribution in [2.75, 3.05) is 12.9 Å². The lowest BCUT2D eigenvalue weighted by Gasteiger charge is -2.00. The monoisotopic (exact) mass is 200 g/mol. The molecule has 2 heterocycles. The Hall–Kier alpha value is -0.550. The van der Waals surface area contributed by atoms with Crippen LogP contribution in [0, 0.1) is 0 Å². The number of rotatable bonds is 3. The van der Waals surface area contributed by atoms with E-state index >= 15 is 0 Å². The first-order chi connectivity index (χ1) is 6.40. The van der Waals surface area contributed by atoms with Crippen LogP contribution in [0.5, 0.6) is 0 Å². The zero-order valence-corrected chi connectivity index (χ0v) is 8.34. The number of thioether (sulfide) groups is 1. The Bertz CT molecular complexity index is 271. The molecule has 0 radical (unpaired) electrons. The molecule has 0 spiro atoms. The third-order valence-electron chi connectivity index (χ3n) is 1.96. The van der Waals surface area contributed by atoms with Gasteiger partial charge >= 0.3 is 0 Å². The van der Waals surface area contributed by atoms with Gasteiger partial charge in [0.2, 0.25) is 0 Å². The van der Waals surface area contributed by atoms with Crippen LogP contribution in [0.1, 0.15) is 30.7 Å². The second-order valence-corrected chi connectivity index (χ2v) is 3.85. The highest BCUT2D eigenvalue weighted by molar-refractivity contribution is 7.97. The standard InChI is InChI=1S/C8H12N2O2S/c1-13-5-7-9-8(12-10-7)6-3-2-4-11-6/h6H,2-5H2,1H3/t6-/m0/s1. The van der Waals surface area contributed by atoms with E-state index in [2.05, 4.69) is 10.1 Å². The van der Waals surface area contributed by atoms with Crippen LogP contribution in [0.25, 0.3) is 0 Å². The number of ether oxygens (including phenoxy) is 1. The topological polar surface area (TPSA) is 48.2 Å². The molecule has 2 rings (SSSR count). The fraction of sp³-hybridized carbons (Fsp3) is 0.750. The molecule has 0 unspecified atom stereocenters. The summed E-state index contributed by atoms with van der Waals surface area (Å²) >= 11 is 1.68. The van der Waals surface area contributed by atoms with Crippen LogP contribution in [-0.4, -0.2) is 23.0 Å². The van der Waals surface area contributed by atoms with Gasteiger partial charge in [-0.2, -0.15) is 16.7 Å². The van der Waals surface area contributed by atoms with Crippen molar-refractivity contribution in [3.05, 3.63) is 11.7 Å². The summed E-state index contributed by atoms with van der Waals surface area (Å²) in [5.41, 5.74) is 0. The number of hydrogen-bond acceptors (Lipinski definition) is 5. The lowest BCUT2D eigenvalue weighted by molar-refractivity contribution is 0.0835. The lowest BCUT2D eigenvalue weighted by atomic mass is 10.2. The maximum absolute atomic E-state index is 5.43. The van der Waals surface area contributed by atoms with E-state index in [1.54, 1.807) is 11.8 Å². The molecule has 1 aliphatic rings. The maximum atomic E-state index is 5.43. The summed E-state index contributed by atoms with van der Waals surface area (Å²) < 4.78 is 10.5. The zero-order valence-electron chi connectivity index (χ0n) is 7.52. The van der Waals surface area contributed by atoms with Gasteiger partial charge in [-0.05, 0) is 19.1 Å². The van der Waals surface area contributed by atoms with E-state index in [0.717, 1.165) is 31.0 Å². The second-order valence-electron chi connectivity index (χ2n) is 2.98. The molecule has 72 valence electrons. The highest BCUT2D eigenvalue weighted by Gasteiger charge is 2.23. The average molecular weight is 200 g/mol. The Labute approximate surface area is 81.0 Å². The minimum atomic E-state index is 0.0445. The molecule has 1 fully saturated rings. The van der Waals surface area contributed by atoms with Gasteiger partial charge in [0.25, 0.3) is 5.89 Å². The zero-order chi connectivity index (χ0) is 9.10. The molecule has 0 saturated carbocycles. The van der Waals surface area contributed by atoms with Crippen molar-refractivity contribution in [3.63, 3.8) is 0 Å². The number of nitrogens with zero attached hydrogens (tertiary/aromatic N) is 2. The first-order valence-electron chi connectivity index (χ1n) is 4.33. The Morgan fingerprint density at radius 2 is 2.54 bits per heavy atom. The van der Waals surface area contributed by atoms with E-state index in [1.807, 2.05) is 6.26 Å². The van der Waals surface area contributed by atoms with Crippen LogP contribution < -0.4 is 0 Å². The molecule has 0 N–H and O–H groups in total. The van der Waals surface area contributed by atoms with Crippen LogP contribution in [0.2, 0.25) is 0 Å². The molecule has 1 aromatic heterocycles. The van der Waals surface area contributed by atoms with Crippen LogP contribution in [0.3, 0.4) is 0 Å². The van der Waals surface area contributed by atoms with Crippen molar-refractivity contribution in [1.29, 1.82) is 0 Å². The lowest BCUT2D eigenvalue weighted by Crippen LogP contribution is -1.95. The van der Waals surface area contributed by atoms with Crippen molar-refractivity contribution in [3.8, 4) is 0 Å². The predicted molar refractivity (Wildman–Crippen MR) is 49.4 cm³/mol. The van der Waals surface area contributed by atoms with E-state index in [1.165, 1.54) is 0 Å². The summed E-state index contributed by atoms with van der Waals surface area (Å²) in [5.74, 6) is 2.20. The Balaban J connectivity index is 2.03. The van der Waals surface area contributed by atoms with Crippen LogP contribution in [0.4, 0.5) is 0 Å². The quantitative estimate of drug-likeness (QED) is 0.744.